The van der Waals surface area contributed by atoms with Gasteiger partial charge in [0.25, 0.3) is 5.91 Å². The van der Waals surface area contributed by atoms with Crippen molar-refractivity contribution in [1.82, 2.24) is 10.2 Å². The zero-order chi connectivity index (χ0) is 25.7. The molecule has 1 heterocycles. The average molecular weight is 488 g/mol. The minimum absolute atomic E-state index is 0.110. The summed E-state index contributed by atoms with van der Waals surface area (Å²) in [4.78, 5) is 40.4. The molecule has 0 aromatic heterocycles. The summed E-state index contributed by atoms with van der Waals surface area (Å²) in [5, 5.41) is 5.77. The maximum atomic E-state index is 13.2. The highest BCUT2D eigenvalue weighted by atomic mass is 16.6. The molecule has 36 heavy (non-hydrogen) atoms. The third-order valence-electron chi connectivity index (χ3n) is 5.79. The van der Waals surface area contributed by atoms with Crippen molar-refractivity contribution in [2.45, 2.75) is 38.6 Å². The molecule has 2 N–H and O–H groups in total. The van der Waals surface area contributed by atoms with Gasteiger partial charge in [-0.05, 0) is 55.3 Å². The standard InChI is InChI=1S/C28H29N3O5/c1-18(2)29-27(33)24-25(36-28(34)31(24)17-19-9-5-4-6-10-19)20-11-7-13-22(15-20)30-26(32)21-12-8-14-23(16-21)35-3/h4-16,18,24-25H,17H2,1-3H3,(H,29,33)(H,30,32). The van der Waals surface area contributed by atoms with Crippen LogP contribution in [0, 0.1) is 0 Å². The summed E-state index contributed by atoms with van der Waals surface area (Å²) in [5.74, 6) is -0.0383. The predicted molar refractivity (Wildman–Crippen MR) is 136 cm³/mol. The molecule has 3 aromatic carbocycles. The number of nitrogens with zero attached hydrogens (tertiary/aromatic N) is 1. The molecule has 1 aliphatic rings. The van der Waals surface area contributed by atoms with Gasteiger partial charge in [-0.3, -0.25) is 14.5 Å². The Labute approximate surface area is 210 Å². The molecule has 186 valence electrons. The highest BCUT2D eigenvalue weighted by molar-refractivity contribution is 6.04. The molecule has 8 nitrogen and oxygen atoms in total. The molecule has 0 aliphatic carbocycles. The highest BCUT2D eigenvalue weighted by Crippen LogP contribution is 2.35. The number of hydrogen-bond donors (Lipinski definition) is 2. The van der Waals surface area contributed by atoms with E-state index < -0.39 is 18.2 Å². The van der Waals surface area contributed by atoms with Crippen LogP contribution in [0.5, 0.6) is 5.75 Å². The van der Waals surface area contributed by atoms with Crippen LogP contribution >= 0.6 is 0 Å². The van der Waals surface area contributed by atoms with E-state index in [9.17, 15) is 14.4 Å². The molecule has 0 radical (unpaired) electrons. The number of nitrogens with one attached hydrogen (secondary N) is 2. The lowest BCUT2D eigenvalue weighted by Gasteiger charge is -2.25. The minimum atomic E-state index is -0.871. The fourth-order valence-corrected chi connectivity index (χ4v) is 4.12. The Bertz CT molecular complexity index is 1240. The van der Waals surface area contributed by atoms with E-state index in [0.717, 1.165) is 5.56 Å². The average Bonchev–Trinajstić information content (AvgIpc) is 3.20. The van der Waals surface area contributed by atoms with Crippen LogP contribution in [0.3, 0.4) is 0 Å². The number of anilines is 1. The minimum Gasteiger partial charge on any atom is -0.497 e. The molecule has 1 saturated heterocycles. The van der Waals surface area contributed by atoms with Crippen molar-refractivity contribution in [3.8, 4) is 5.75 Å². The molecule has 4 rings (SSSR count). The molecule has 0 spiro atoms. The molecule has 1 aliphatic heterocycles. The van der Waals surface area contributed by atoms with E-state index in [4.69, 9.17) is 9.47 Å². The van der Waals surface area contributed by atoms with Gasteiger partial charge in [0, 0.05) is 17.3 Å². The Balaban J connectivity index is 1.60. The Morgan fingerprint density at radius 2 is 1.75 bits per heavy atom. The zero-order valence-corrected chi connectivity index (χ0v) is 20.4. The van der Waals surface area contributed by atoms with E-state index >= 15 is 0 Å². The molecule has 3 amide bonds. The van der Waals surface area contributed by atoms with E-state index in [1.165, 1.54) is 12.0 Å². The summed E-state index contributed by atoms with van der Waals surface area (Å²) in [5.41, 5.74) is 2.44. The van der Waals surface area contributed by atoms with Crippen molar-refractivity contribution in [3.63, 3.8) is 0 Å². The van der Waals surface area contributed by atoms with Crippen molar-refractivity contribution < 1.29 is 23.9 Å². The van der Waals surface area contributed by atoms with Crippen LogP contribution < -0.4 is 15.4 Å². The van der Waals surface area contributed by atoms with E-state index in [0.29, 0.717) is 22.6 Å². The van der Waals surface area contributed by atoms with Gasteiger partial charge in [0.2, 0.25) is 5.91 Å². The molecule has 8 heteroatoms. The summed E-state index contributed by atoms with van der Waals surface area (Å²) in [6, 6.07) is 22.3. The van der Waals surface area contributed by atoms with Crippen LogP contribution in [0.2, 0.25) is 0 Å². The first-order valence-corrected chi connectivity index (χ1v) is 11.7. The van der Waals surface area contributed by atoms with Crippen LogP contribution in [0.25, 0.3) is 0 Å². The maximum absolute atomic E-state index is 13.2. The van der Waals surface area contributed by atoms with Gasteiger partial charge < -0.3 is 20.1 Å². The monoisotopic (exact) mass is 487 g/mol. The van der Waals surface area contributed by atoms with Crippen LogP contribution in [0.4, 0.5) is 10.5 Å². The second-order valence-electron chi connectivity index (χ2n) is 8.84. The van der Waals surface area contributed by atoms with E-state index in [-0.39, 0.29) is 24.4 Å². The second-order valence-corrected chi connectivity index (χ2v) is 8.84. The third-order valence-corrected chi connectivity index (χ3v) is 5.79. The van der Waals surface area contributed by atoms with Crippen molar-refractivity contribution in [2.75, 3.05) is 12.4 Å². The first-order valence-electron chi connectivity index (χ1n) is 11.7. The summed E-state index contributed by atoms with van der Waals surface area (Å²) in [7, 11) is 1.54. The van der Waals surface area contributed by atoms with Crippen LogP contribution in [0.1, 0.15) is 41.4 Å². The number of ether oxygens (including phenoxy) is 2. The van der Waals surface area contributed by atoms with Crippen molar-refractivity contribution >= 4 is 23.6 Å². The summed E-state index contributed by atoms with van der Waals surface area (Å²) in [6.07, 6.45) is -1.41. The van der Waals surface area contributed by atoms with Gasteiger partial charge in [-0.1, -0.05) is 48.5 Å². The first-order chi connectivity index (χ1) is 17.4. The predicted octanol–water partition coefficient (Wildman–Crippen LogP) is 4.53. The van der Waals surface area contributed by atoms with Crippen LogP contribution in [0.15, 0.2) is 78.9 Å². The SMILES string of the molecule is COc1cccc(C(=O)Nc2cccc(C3OC(=O)N(Cc4ccccc4)C3C(=O)NC(C)C)c2)c1. The third kappa shape index (κ3) is 5.66. The molecular weight excluding hydrogens is 458 g/mol. The zero-order valence-electron chi connectivity index (χ0n) is 20.4. The normalized spacial score (nSPS) is 17.0. The molecule has 0 bridgehead atoms. The Morgan fingerprint density at radius 3 is 2.47 bits per heavy atom. The lowest BCUT2D eigenvalue weighted by molar-refractivity contribution is -0.126. The largest absolute Gasteiger partial charge is 0.497 e. The number of benzene rings is 3. The molecule has 2 atom stereocenters. The Hall–Kier alpha value is -4.33. The van der Waals surface area contributed by atoms with Gasteiger partial charge in [-0.25, -0.2) is 4.79 Å². The summed E-state index contributed by atoms with van der Waals surface area (Å²) < 4.78 is 10.9. The number of amides is 3. The number of carbonyl (C=O) groups excluding carboxylic acids is 3. The second kappa shape index (κ2) is 10.9. The smallest absolute Gasteiger partial charge is 0.411 e. The number of rotatable bonds is 8. The number of methoxy groups -OCH3 is 1. The number of carbonyl (C=O) groups is 3. The lowest BCUT2D eigenvalue weighted by atomic mass is 9.99. The van der Waals surface area contributed by atoms with Gasteiger partial charge in [-0.15, -0.1) is 0 Å². The van der Waals surface area contributed by atoms with Gasteiger partial charge in [-0.2, -0.15) is 0 Å². The van der Waals surface area contributed by atoms with Crippen molar-refractivity contribution in [2.24, 2.45) is 0 Å². The van der Waals surface area contributed by atoms with Gasteiger partial charge in [0.05, 0.1) is 13.7 Å². The summed E-state index contributed by atoms with van der Waals surface area (Å²) >= 11 is 0. The molecule has 1 fully saturated rings. The molecule has 0 saturated carbocycles. The van der Waals surface area contributed by atoms with Crippen molar-refractivity contribution in [1.29, 1.82) is 0 Å². The lowest BCUT2D eigenvalue weighted by Crippen LogP contribution is -2.48. The van der Waals surface area contributed by atoms with E-state index in [2.05, 4.69) is 10.6 Å². The van der Waals surface area contributed by atoms with Gasteiger partial charge in [0.1, 0.15) is 5.75 Å². The summed E-state index contributed by atoms with van der Waals surface area (Å²) in [6.45, 7) is 3.96. The van der Waals surface area contributed by atoms with Crippen molar-refractivity contribution in [3.05, 3.63) is 95.6 Å². The Morgan fingerprint density at radius 1 is 1.00 bits per heavy atom. The van der Waals surface area contributed by atoms with E-state index in [1.54, 1.807) is 48.5 Å². The van der Waals surface area contributed by atoms with Gasteiger partial charge in [0.15, 0.2) is 12.1 Å². The molecular formula is C28H29N3O5. The fraction of sp³-hybridized carbons (Fsp3) is 0.250. The quantitative estimate of drug-likeness (QED) is 0.487. The number of cyclic esters (lactones) is 1. The van der Waals surface area contributed by atoms with Gasteiger partial charge >= 0.3 is 6.09 Å². The molecule has 2 unspecified atom stereocenters. The maximum Gasteiger partial charge on any atom is 0.411 e. The topological polar surface area (TPSA) is 97.0 Å². The van der Waals surface area contributed by atoms with Crippen LogP contribution in [-0.4, -0.2) is 42.0 Å². The van der Waals surface area contributed by atoms with E-state index in [1.807, 2.05) is 44.2 Å². The first kappa shape index (κ1) is 24.8. The highest BCUT2D eigenvalue weighted by Gasteiger charge is 2.47. The van der Waals surface area contributed by atoms with Crippen LogP contribution in [-0.2, 0) is 16.1 Å². The fourth-order valence-electron chi connectivity index (χ4n) is 4.12. The number of hydrogen-bond acceptors (Lipinski definition) is 5. The Kier molecular flexibility index (Phi) is 7.53. The molecule has 3 aromatic rings.